The van der Waals surface area contributed by atoms with Gasteiger partial charge >= 0.3 is 6.09 Å². The molecule has 128 valence electrons. The SMILES string of the molecule is CC(C)(C)OC(=O)Nc1ccc(Cl)cc1C(O)C1CCCCC1. The van der Waals surface area contributed by atoms with Gasteiger partial charge in [0.05, 0.1) is 6.10 Å². The van der Waals surface area contributed by atoms with E-state index in [0.717, 1.165) is 25.7 Å². The maximum atomic E-state index is 12.0. The molecule has 2 rings (SSSR count). The summed E-state index contributed by atoms with van der Waals surface area (Å²) in [5.74, 6) is 0.210. The number of nitrogens with one attached hydrogen (secondary N) is 1. The third-order valence-corrected chi connectivity index (χ3v) is 4.30. The standard InChI is InChI=1S/C18H26ClNO3/c1-18(2,3)23-17(22)20-15-10-9-13(19)11-14(15)16(21)12-7-5-4-6-8-12/h9-12,16,21H,4-8H2,1-3H3,(H,20,22). The molecule has 2 N–H and O–H groups in total. The maximum Gasteiger partial charge on any atom is 0.412 e. The number of carbonyl (C=O) groups is 1. The fourth-order valence-corrected chi connectivity index (χ4v) is 3.19. The van der Waals surface area contributed by atoms with Crippen LogP contribution in [0.1, 0.15) is 64.5 Å². The molecule has 1 amide bonds. The Labute approximate surface area is 143 Å². The normalized spacial score (nSPS) is 17.6. The van der Waals surface area contributed by atoms with Crippen molar-refractivity contribution in [2.45, 2.75) is 64.6 Å². The first kappa shape index (κ1) is 18.1. The zero-order valence-electron chi connectivity index (χ0n) is 14.1. The number of aliphatic hydroxyl groups excluding tert-OH is 1. The van der Waals surface area contributed by atoms with Gasteiger partial charge in [0.15, 0.2) is 0 Å². The Bertz CT molecular complexity index is 548. The Morgan fingerprint density at radius 1 is 1.30 bits per heavy atom. The van der Waals surface area contributed by atoms with E-state index in [2.05, 4.69) is 5.32 Å². The smallest absolute Gasteiger partial charge is 0.412 e. The molecule has 0 aromatic heterocycles. The van der Waals surface area contributed by atoms with E-state index < -0.39 is 17.8 Å². The quantitative estimate of drug-likeness (QED) is 0.785. The number of halogens is 1. The summed E-state index contributed by atoms with van der Waals surface area (Å²) >= 11 is 6.09. The van der Waals surface area contributed by atoms with E-state index in [-0.39, 0.29) is 5.92 Å². The number of rotatable bonds is 3. The Kier molecular flexibility index (Phi) is 5.93. The lowest BCUT2D eigenvalue weighted by atomic mass is 9.82. The lowest BCUT2D eigenvalue weighted by Gasteiger charge is -2.28. The molecule has 0 saturated heterocycles. The first-order valence-electron chi connectivity index (χ1n) is 8.24. The molecule has 5 heteroatoms. The summed E-state index contributed by atoms with van der Waals surface area (Å²) in [5, 5.41) is 14.0. The topological polar surface area (TPSA) is 58.6 Å². The first-order chi connectivity index (χ1) is 10.8. The molecule has 0 bridgehead atoms. The molecule has 23 heavy (non-hydrogen) atoms. The summed E-state index contributed by atoms with van der Waals surface area (Å²) in [6.45, 7) is 5.44. The van der Waals surface area contributed by atoms with Crippen molar-refractivity contribution in [2.75, 3.05) is 5.32 Å². The number of aliphatic hydroxyl groups is 1. The molecule has 0 radical (unpaired) electrons. The van der Waals surface area contributed by atoms with Gasteiger partial charge in [-0.2, -0.15) is 0 Å². The van der Waals surface area contributed by atoms with Crippen LogP contribution < -0.4 is 5.32 Å². The average molecular weight is 340 g/mol. The van der Waals surface area contributed by atoms with Gasteiger partial charge in [0.1, 0.15) is 5.60 Å². The average Bonchev–Trinajstić information content (AvgIpc) is 2.47. The molecule has 1 aromatic rings. The van der Waals surface area contributed by atoms with E-state index in [1.807, 2.05) is 20.8 Å². The number of anilines is 1. The fourth-order valence-electron chi connectivity index (χ4n) is 3.01. The number of hydrogen-bond donors (Lipinski definition) is 2. The van der Waals surface area contributed by atoms with Gasteiger partial charge in [-0.25, -0.2) is 4.79 Å². The highest BCUT2D eigenvalue weighted by Gasteiger charge is 2.26. The summed E-state index contributed by atoms with van der Waals surface area (Å²) < 4.78 is 5.29. The van der Waals surface area contributed by atoms with Gasteiger partial charge in [-0.1, -0.05) is 30.9 Å². The van der Waals surface area contributed by atoms with Crippen LogP contribution in [0.2, 0.25) is 5.02 Å². The van der Waals surface area contributed by atoms with Crippen LogP contribution in [0.3, 0.4) is 0 Å². The van der Waals surface area contributed by atoms with Crippen molar-refractivity contribution in [3.8, 4) is 0 Å². The number of benzene rings is 1. The fraction of sp³-hybridized carbons (Fsp3) is 0.611. The molecule has 0 aliphatic heterocycles. The van der Waals surface area contributed by atoms with Crippen molar-refractivity contribution in [1.29, 1.82) is 0 Å². The van der Waals surface area contributed by atoms with Crippen LogP contribution in [-0.2, 0) is 4.74 Å². The summed E-state index contributed by atoms with van der Waals surface area (Å²) in [4.78, 5) is 12.0. The summed E-state index contributed by atoms with van der Waals surface area (Å²) in [6.07, 6.45) is 4.34. The molecule has 1 aromatic carbocycles. The van der Waals surface area contributed by atoms with Gasteiger partial charge in [0.2, 0.25) is 0 Å². The van der Waals surface area contributed by atoms with E-state index >= 15 is 0 Å². The van der Waals surface area contributed by atoms with Crippen LogP contribution >= 0.6 is 11.6 Å². The van der Waals surface area contributed by atoms with Crippen LogP contribution in [0.5, 0.6) is 0 Å². The molecule has 0 spiro atoms. The number of amides is 1. The van der Waals surface area contributed by atoms with Crippen molar-refractivity contribution < 1.29 is 14.6 Å². The van der Waals surface area contributed by atoms with Crippen LogP contribution in [0.25, 0.3) is 0 Å². The van der Waals surface area contributed by atoms with E-state index in [0.29, 0.717) is 16.3 Å². The third kappa shape index (κ3) is 5.40. The Balaban J connectivity index is 2.18. The molecule has 1 fully saturated rings. The van der Waals surface area contributed by atoms with Crippen molar-refractivity contribution >= 4 is 23.4 Å². The van der Waals surface area contributed by atoms with Gasteiger partial charge < -0.3 is 9.84 Å². The van der Waals surface area contributed by atoms with Crippen molar-refractivity contribution in [3.05, 3.63) is 28.8 Å². The van der Waals surface area contributed by atoms with Gasteiger partial charge in [0, 0.05) is 16.3 Å². The van der Waals surface area contributed by atoms with E-state index in [1.165, 1.54) is 6.42 Å². The highest BCUT2D eigenvalue weighted by molar-refractivity contribution is 6.30. The van der Waals surface area contributed by atoms with Gasteiger partial charge in [-0.05, 0) is 57.7 Å². The van der Waals surface area contributed by atoms with Crippen molar-refractivity contribution in [3.63, 3.8) is 0 Å². The van der Waals surface area contributed by atoms with Crippen molar-refractivity contribution in [1.82, 2.24) is 0 Å². The lowest BCUT2D eigenvalue weighted by Crippen LogP contribution is -2.28. The maximum absolute atomic E-state index is 12.0. The van der Waals surface area contributed by atoms with Crippen molar-refractivity contribution in [2.24, 2.45) is 5.92 Å². The molecular weight excluding hydrogens is 314 g/mol. The highest BCUT2D eigenvalue weighted by Crippen LogP contribution is 2.38. The molecule has 0 heterocycles. The molecular formula is C18H26ClNO3. The van der Waals surface area contributed by atoms with Crippen LogP contribution in [0.15, 0.2) is 18.2 Å². The number of carbonyl (C=O) groups excluding carboxylic acids is 1. The second-order valence-electron chi connectivity index (χ2n) is 7.20. The minimum absolute atomic E-state index is 0.210. The first-order valence-corrected chi connectivity index (χ1v) is 8.61. The van der Waals surface area contributed by atoms with Gasteiger partial charge in [0.25, 0.3) is 0 Å². The summed E-state index contributed by atoms with van der Waals surface area (Å²) in [6, 6.07) is 5.15. The van der Waals surface area contributed by atoms with E-state index in [9.17, 15) is 9.90 Å². The molecule has 1 atom stereocenters. The predicted octanol–water partition coefficient (Wildman–Crippen LogP) is 5.30. The minimum Gasteiger partial charge on any atom is -0.444 e. The zero-order chi connectivity index (χ0) is 17.0. The second-order valence-corrected chi connectivity index (χ2v) is 7.64. The minimum atomic E-state index is -0.626. The lowest BCUT2D eigenvalue weighted by molar-refractivity contribution is 0.0633. The molecule has 1 aliphatic rings. The van der Waals surface area contributed by atoms with E-state index in [4.69, 9.17) is 16.3 Å². The van der Waals surface area contributed by atoms with E-state index in [1.54, 1.807) is 18.2 Å². The Morgan fingerprint density at radius 2 is 1.96 bits per heavy atom. The molecule has 1 aliphatic carbocycles. The highest BCUT2D eigenvalue weighted by atomic mass is 35.5. The van der Waals surface area contributed by atoms with Gasteiger partial charge in [-0.3, -0.25) is 5.32 Å². The monoisotopic (exact) mass is 339 g/mol. The number of ether oxygens (including phenoxy) is 1. The molecule has 1 unspecified atom stereocenters. The second kappa shape index (κ2) is 7.54. The largest absolute Gasteiger partial charge is 0.444 e. The zero-order valence-corrected chi connectivity index (χ0v) is 14.8. The van der Waals surface area contributed by atoms with Crippen LogP contribution in [0, 0.1) is 5.92 Å². The van der Waals surface area contributed by atoms with Gasteiger partial charge in [-0.15, -0.1) is 0 Å². The molecule has 4 nitrogen and oxygen atoms in total. The molecule has 1 saturated carbocycles. The van der Waals surface area contributed by atoms with Crippen LogP contribution in [-0.4, -0.2) is 16.8 Å². The summed E-state index contributed by atoms with van der Waals surface area (Å²) in [5.41, 5.74) is 0.649. The summed E-state index contributed by atoms with van der Waals surface area (Å²) in [7, 11) is 0. The van der Waals surface area contributed by atoms with Crippen LogP contribution in [0.4, 0.5) is 10.5 Å². The number of hydrogen-bond acceptors (Lipinski definition) is 3. The third-order valence-electron chi connectivity index (χ3n) is 4.06. The Hall–Kier alpha value is -1.26. The Morgan fingerprint density at radius 3 is 2.57 bits per heavy atom. The predicted molar refractivity (Wildman–Crippen MR) is 92.8 cm³/mol.